The predicted molar refractivity (Wildman–Crippen MR) is 64.5 cm³/mol. The molecule has 0 fully saturated rings. The smallest absolute Gasteiger partial charge is 0.304 e. The van der Waals surface area contributed by atoms with Gasteiger partial charge in [-0.05, 0) is 19.9 Å². The third kappa shape index (κ3) is 3.01. The Hall–Kier alpha value is -2.02. The third-order valence-electron chi connectivity index (χ3n) is 2.53. The van der Waals surface area contributed by atoms with Gasteiger partial charge in [-0.3, -0.25) is 14.9 Å². The fraction of sp³-hybridized carbons (Fsp3) is 0.364. The summed E-state index contributed by atoms with van der Waals surface area (Å²) >= 11 is 0. The maximum Gasteiger partial charge on any atom is 0.304 e. The quantitative estimate of drug-likeness (QED) is 0.631. The summed E-state index contributed by atoms with van der Waals surface area (Å²) in [4.78, 5) is 21.3. The van der Waals surface area contributed by atoms with Crippen LogP contribution in [0.3, 0.4) is 0 Å². The van der Waals surface area contributed by atoms with Crippen LogP contribution in [0.1, 0.15) is 13.8 Å². The van der Waals surface area contributed by atoms with Crippen LogP contribution >= 0.6 is 0 Å². The van der Waals surface area contributed by atoms with Crippen LogP contribution in [0.15, 0.2) is 18.2 Å². The van der Waals surface area contributed by atoms with Crippen molar-refractivity contribution >= 4 is 17.3 Å². The summed E-state index contributed by atoms with van der Waals surface area (Å²) in [5, 5.41) is 12.9. The topological polar surface area (TPSA) is 98.3 Å². The molecule has 3 N–H and O–H groups in total. The summed E-state index contributed by atoms with van der Waals surface area (Å²) in [5.41, 5.74) is 4.16. The fourth-order valence-corrected chi connectivity index (χ4v) is 1.13. The first-order chi connectivity index (χ1) is 8.27. The molecule has 0 atom stereocenters. The SMILES string of the molecule is CC(C)(CN)C(=O)Nc1ccc([N+](=O)[O-])c(F)c1. The van der Waals surface area contributed by atoms with Gasteiger partial charge in [-0.25, -0.2) is 0 Å². The molecule has 7 heteroatoms. The van der Waals surface area contributed by atoms with Crippen LogP contribution in [0.25, 0.3) is 0 Å². The summed E-state index contributed by atoms with van der Waals surface area (Å²) < 4.78 is 13.3. The van der Waals surface area contributed by atoms with E-state index in [0.717, 1.165) is 12.1 Å². The van der Waals surface area contributed by atoms with Crippen molar-refractivity contribution in [2.75, 3.05) is 11.9 Å². The Morgan fingerprint density at radius 3 is 2.61 bits per heavy atom. The number of rotatable bonds is 4. The lowest BCUT2D eigenvalue weighted by Gasteiger charge is -2.21. The number of amides is 1. The number of carbonyl (C=O) groups is 1. The van der Waals surface area contributed by atoms with E-state index < -0.39 is 21.8 Å². The Morgan fingerprint density at radius 1 is 1.56 bits per heavy atom. The summed E-state index contributed by atoms with van der Waals surface area (Å²) in [6, 6.07) is 3.18. The number of hydrogen-bond acceptors (Lipinski definition) is 4. The molecule has 98 valence electrons. The largest absolute Gasteiger partial charge is 0.329 e. The molecule has 0 heterocycles. The van der Waals surface area contributed by atoms with Crippen molar-refractivity contribution in [1.82, 2.24) is 0 Å². The number of nitrogens with zero attached hydrogens (tertiary/aromatic N) is 1. The van der Waals surface area contributed by atoms with E-state index in [-0.39, 0.29) is 18.1 Å². The van der Waals surface area contributed by atoms with Crippen molar-refractivity contribution < 1.29 is 14.1 Å². The van der Waals surface area contributed by atoms with Gasteiger partial charge in [-0.15, -0.1) is 0 Å². The summed E-state index contributed by atoms with van der Waals surface area (Å²) in [5.74, 6) is -1.37. The van der Waals surface area contributed by atoms with Crippen LogP contribution in [0.2, 0.25) is 0 Å². The van der Waals surface area contributed by atoms with E-state index >= 15 is 0 Å². The molecule has 0 saturated carbocycles. The average molecular weight is 255 g/mol. The minimum atomic E-state index is -0.997. The van der Waals surface area contributed by atoms with Gasteiger partial charge in [-0.1, -0.05) is 0 Å². The minimum Gasteiger partial charge on any atom is -0.329 e. The predicted octanol–water partition coefficient (Wildman–Crippen LogP) is 1.66. The fourth-order valence-electron chi connectivity index (χ4n) is 1.13. The van der Waals surface area contributed by atoms with Gasteiger partial charge in [0.2, 0.25) is 11.7 Å². The zero-order chi connectivity index (χ0) is 13.9. The molecule has 0 aliphatic carbocycles. The molecule has 0 unspecified atom stereocenters. The van der Waals surface area contributed by atoms with Crippen LogP contribution in [0.5, 0.6) is 0 Å². The maximum absolute atomic E-state index is 13.3. The van der Waals surface area contributed by atoms with Crippen LogP contribution in [-0.2, 0) is 4.79 Å². The van der Waals surface area contributed by atoms with Gasteiger partial charge in [-0.2, -0.15) is 4.39 Å². The van der Waals surface area contributed by atoms with Gasteiger partial charge in [0, 0.05) is 24.4 Å². The summed E-state index contributed by atoms with van der Waals surface area (Å²) in [7, 11) is 0. The Morgan fingerprint density at radius 2 is 2.17 bits per heavy atom. The highest BCUT2D eigenvalue weighted by Gasteiger charge is 2.26. The van der Waals surface area contributed by atoms with E-state index in [4.69, 9.17) is 5.73 Å². The van der Waals surface area contributed by atoms with Crippen LogP contribution in [-0.4, -0.2) is 17.4 Å². The van der Waals surface area contributed by atoms with Crippen molar-refractivity contribution in [3.8, 4) is 0 Å². The minimum absolute atomic E-state index is 0.133. The molecule has 6 nitrogen and oxygen atoms in total. The number of nitro groups is 1. The van der Waals surface area contributed by atoms with Gasteiger partial charge in [0.25, 0.3) is 0 Å². The van der Waals surface area contributed by atoms with Gasteiger partial charge in [0.1, 0.15) is 0 Å². The van der Waals surface area contributed by atoms with Crippen molar-refractivity contribution in [2.24, 2.45) is 11.1 Å². The standard InChI is InChI=1S/C11H14FN3O3/c1-11(2,6-13)10(16)14-7-3-4-9(15(17)18)8(12)5-7/h3-5H,6,13H2,1-2H3,(H,14,16). The van der Waals surface area contributed by atoms with E-state index in [1.54, 1.807) is 13.8 Å². The number of carbonyl (C=O) groups excluding carboxylic acids is 1. The zero-order valence-corrected chi connectivity index (χ0v) is 10.1. The first-order valence-electron chi connectivity index (χ1n) is 5.23. The van der Waals surface area contributed by atoms with E-state index in [0.29, 0.717) is 0 Å². The molecule has 0 radical (unpaired) electrons. The van der Waals surface area contributed by atoms with Crippen molar-refractivity contribution in [3.05, 3.63) is 34.1 Å². The molecule has 0 bridgehead atoms. The van der Waals surface area contributed by atoms with Gasteiger partial charge < -0.3 is 11.1 Å². The molecule has 18 heavy (non-hydrogen) atoms. The van der Waals surface area contributed by atoms with Crippen LogP contribution in [0, 0.1) is 21.3 Å². The zero-order valence-electron chi connectivity index (χ0n) is 10.1. The third-order valence-corrected chi connectivity index (χ3v) is 2.53. The molecule has 0 saturated heterocycles. The van der Waals surface area contributed by atoms with E-state index in [9.17, 15) is 19.3 Å². The van der Waals surface area contributed by atoms with Gasteiger partial charge in [0.05, 0.1) is 10.3 Å². The molecule has 0 aromatic heterocycles. The van der Waals surface area contributed by atoms with E-state index in [1.807, 2.05) is 0 Å². The van der Waals surface area contributed by atoms with Crippen molar-refractivity contribution in [2.45, 2.75) is 13.8 Å². The lowest BCUT2D eigenvalue weighted by molar-refractivity contribution is -0.387. The lowest BCUT2D eigenvalue weighted by atomic mass is 9.92. The van der Waals surface area contributed by atoms with Crippen LogP contribution < -0.4 is 11.1 Å². The molecule has 0 aliphatic heterocycles. The maximum atomic E-state index is 13.3. The number of nitrogens with one attached hydrogen (secondary N) is 1. The van der Waals surface area contributed by atoms with Crippen molar-refractivity contribution in [3.63, 3.8) is 0 Å². The van der Waals surface area contributed by atoms with E-state index in [2.05, 4.69) is 5.32 Å². The molecule has 1 aromatic carbocycles. The van der Waals surface area contributed by atoms with Crippen LogP contribution in [0.4, 0.5) is 15.8 Å². The second-order valence-electron chi connectivity index (χ2n) is 4.47. The highest BCUT2D eigenvalue weighted by molar-refractivity contribution is 5.95. The second-order valence-corrected chi connectivity index (χ2v) is 4.47. The molecular weight excluding hydrogens is 241 g/mol. The highest BCUT2D eigenvalue weighted by Crippen LogP contribution is 2.22. The molecule has 1 amide bonds. The molecular formula is C11H14FN3O3. The van der Waals surface area contributed by atoms with Gasteiger partial charge in [0.15, 0.2) is 0 Å². The van der Waals surface area contributed by atoms with Crippen molar-refractivity contribution in [1.29, 1.82) is 0 Å². The molecule has 1 rings (SSSR count). The Kier molecular flexibility index (Phi) is 3.97. The number of hydrogen-bond donors (Lipinski definition) is 2. The Bertz CT molecular complexity index is 488. The Balaban J connectivity index is 2.91. The summed E-state index contributed by atoms with van der Waals surface area (Å²) in [6.45, 7) is 3.42. The van der Waals surface area contributed by atoms with Gasteiger partial charge >= 0.3 is 5.69 Å². The normalized spacial score (nSPS) is 11.1. The lowest BCUT2D eigenvalue weighted by Crippen LogP contribution is -2.37. The molecule has 1 aromatic rings. The number of nitrogens with two attached hydrogens (primary N) is 1. The highest BCUT2D eigenvalue weighted by atomic mass is 19.1. The Labute approximate surface area is 103 Å². The second kappa shape index (κ2) is 5.09. The number of benzene rings is 1. The number of halogens is 1. The number of anilines is 1. The average Bonchev–Trinajstić information content (AvgIpc) is 2.28. The number of nitro benzene ring substituents is 1. The molecule has 0 spiro atoms. The first kappa shape index (κ1) is 14.0. The monoisotopic (exact) mass is 255 g/mol. The summed E-state index contributed by atoms with van der Waals surface area (Å²) in [6.07, 6.45) is 0. The van der Waals surface area contributed by atoms with E-state index in [1.165, 1.54) is 6.07 Å². The molecule has 0 aliphatic rings. The first-order valence-corrected chi connectivity index (χ1v) is 5.23.